The van der Waals surface area contributed by atoms with Gasteiger partial charge in [0.1, 0.15) is 11.8 Å². The number of piperidine rings is 1. The van der Waals surface area contributed by atoms with E-state index in [1.54, 1.807) is 12.1 Å². The number of benzene rings is 1. The van der Waals surface area contributed by atoms with Gasteiger partial charge >= 0.3 is 11.9 Å². The third kappa shape index (κ3) is 3.62. The Morgan fingerprint density at radius 3 is 2.64 bits per heavy atom. The number of hydrogen-bond acceptors (Lipinski definition) is 5. The van der Waals surface area contributed by atoms with E-state index < -0.39 is 18.0 Å². The highest BCUT2D eigenvalue weighted by molar-refractivity contribution is 5.88. The van der Waals surface area contributed by atoms with E-state index in [9.17, 15) is 19.8 Å². The Hall–Kier alpha value is -2.12. The quantitative estimate of drug-likeness (QED) is 0.740. The van der Waals surface area contributed by atoms with E-state index in [-0.39, 0.29) is 11.0 Å². The van der Waals surface area contributed by atoms with E-state index >= 15 is 0 Å². The molecule has 1 aromatic rings. The number of nitrogens with one attached hydrogen (secondary N) is 1. The molecule has 2 heterocycles. The summed E-state index contributed by atoms with van der Waals surface area (Å²) in [7, 11) is 1.53. The lowest BCUT2D eigenvalue weighted by atomic mass is 9.77. The molecule has 7 heteroatoms. The van der Waals surface area contributed by atoms with Gasteiger partial charge in [-0.2, -0.15) is 0 Å². The molecule has 7 nitrogen and oxygen atoms in total. The molecule has 0 radical (unpaired) electrons. The maximum absolute atomic E-state index is 11.8. The van der Waals surface area contributed by atoms with Crippen LogP contribution in [0, 0.1) is 5.41 Å². The highest BCUT2D eigenvalue weighted by atomic mass is 16.5. The highest BCUT2D eigenvalue weighted by Crippen LogP contribution is 2.43. The normalized spacial score (nSPS) is 22.8. The van der Waals surface area contributed by atoms with Crippen molar-refractivity contribution in [2.75, 3.05) is 26.7 Å². The molecule has 2 saturated heterocycles. The average molecular weight is 348 g/mol. The van der Waals surface area contributed by atoms with Gasteiger partial charge in [-0.15, -0.1) is 0 Å². The smallest absolute Gasteiger partial charge is 0.335 e. The Bertz CT molecular complexity index is 669. The zero-order chi connectivity index (χ0) is 18.0. The van der Waals surface area contributed by atoms with E-state index in [2.05, 4.69) is 5.32 Å². The molecule has 2 aliphatic heterocycles. The van der Waals surface area contributed by atoms with Crippen LogP contribution in [-0.2, 0) is 11.3 Å². The van der Waals surface area contributed by atoms with Crippen molar-refractivity contribution >= 4 is 11.9 Å². The molecule has 0 aliphatic carbocycles. The fourth-order valence-corrected chi connectivity index (χ4v) is 4.13. The zero-order valence-corrected chi connectivity index (χ0v) is 14.3. The van der Waals surface area contributed by atoms with E-state index in [1.807, 2.05) is 4.90 Å². The standard InChI is InChI=1S/C18H24N2O5/c1-25-15-3-2-12(16(21)22)8-13(15)10-20-11-18(4-6-19-7-5-18)9-14(20)17(23)24/h2-3,8,14,19H,4-7,9-11H2,1H3,(H,21,22)(H,23,24)/t14-/m1/s1. The van der Waals surface area contributed by atoms with Crippen molar-refractivity contribution < 1.29 is 24.5 Å². The van der Waals surface area contributed by atoms with Crippen LogP contribution in [0.3, 0.4) is 0 Å². The molecule has 0 saturated carbocycles. The van der Waals surface area contributed by atoms with Crippen molar-refractivity contribution in [3.05, 3.63) is 29.3 Å². The van der Waals surface area contributed by atoms with Gasteiger partial charge in [-0.3, -0.25) is 9.69 Å². The number of rotatable bonds is 5. The molecule has 136 valence electrons. The number of aromatic carboxylic acids is 1. The fraction of sp³-hybridized carbons (Fsp3) is 0.556. The van der Waals surface area contributed by atoms with Crippen LogP contribution in [0.1, 0.15) is 35.2 Å². The largest absolute Gasteiger partial charge is 0.496 e. The average Bonchev–Trinajstić information content (AvgIpc) is 2.93. The summed E-state index contributed by atoms with van der Waals surface area (Å²) in [5.41, 5.74) is 0.921. The molecule has 25 heavy (non-hydrogen) atoms. The molecular formula is C18H24N2O5. The molecule has 3 N–H and O–H groups in total. The number of carboxylic acids is 2. The molecule has 0 aromatic heterocycles. The Morgan fingerprint density at radius 2 is 2.04 bits per heavy atom. The molecule has 0 amide bonds. The van der Waals surface area contributed by atoms with Crippen LogP contribution in [-0.4, -0.2) is 59.8 Å². The first-order chi connectivity index (χ1) is 11.9. The predicted molar refractivity (Wildman–Crippen MR) is 90.9 cm³/mol. The van der Waals surface area contributed by atoms with E-state index in [1.165, 1.54) is 13.2 Å². The minimum absolute atomic E-state index is 0.0337. The summed E-state index contributed by atoms with van der Waals surface area (Å²) in [5.74, 6) is -1.24. The van der Waals surface area contributed by atoms with Crippen LogP contribution >= 0.6 is 0 Å². The second-order valence-corrected chi connectivity index (χ2v) is 7.04. The Kier molecular flexibility index (Phi) is 4.96. The topological polar surface area (TPSA) is 99.1 Å². The van der Waals surface area contributed by atoms with Crippen molar-refractivity contribution in [1.82, 2.24) is 10.2 Å². The molecule has 1 aromatic carbocycles. The van der Waals surface area contributed by atoms with Gasteiger partial charge in [-0.25, -0.2) is 4.79 Å². The summed E-state index contributed by atoms with van der Waals surface area (Å²) in [6.07, 6.45) is 2.59. The molecule has 2 fully saturated rings. The van der Waals surface area contributed by atoms with Crippen molar-refractivity contribution in [3.63, 3.8) is 0 Å². The fourth-order valence-electron chi connectivity index (χ4n) is 4.13. The zero-order valence-electron chi connectivity index (χ0n) is 14.3. The lowest BCUT2D eigenvalue weighted by Gasteiger charge is -2.33. The van der Waals surface area contributed by atoms with Crippen LogP contribution < -0.4 is 10.1 Å². The third-order valence-electron chi connectivity index (χ3n) is 5.46. The van der Waals surface area contributed by atoms with Gasteiger partial charge in [-0.05, 0) is 56.0 Å². The van der Waals surface area contributed by atoms with Crippen LogP contribution in [0.25, 0.3) is 0 Å². The summed E-state index contributed by atoms with van der Waals surface area (Å²) >= 11 is 0. The van der Waals surface area contributed by atoms with Gasteiger partial charge in [0.15, 0.2) is 0 Å². The Morgan fingerprint density at radius 1 is 1.32 bits per heavy atom. The second kappa shape index (κ2) is 7.01. The maximum atomic E-state index is 11.8. The predicted octanol–water partition coefficient (Wildman–Crippen LogP) is 1.42. The van der Waals surface area contributed by atoms with Crippen molar-refractivity contribution in [3.8, 4) is 5.75 Å². The first kappa shape index (κ1) is 17.7. The number of carboxylic acid groups (broad SMARTS) is 2. The van der Waals surface area contributed by atoms with Crippen molar-refractivity contribution in [1.29, 1.82) is 0 Å². The molecule has 0 bridgehead atoms. The van der Waals surface area contributed by atoms with Gasteiger partial charge in [0, 0.05) is 18.7 Å². The number of ether oxygens (including phenoxy) is 1. The third-order valence-corrected chi connectivity index (χ3v) is 5.46. The SMILES string of the molecule is COc1ccc(C(=O)O)cc1CN1CC2(CCNCC2)C[C@@H]1C(=O)O. The summed E-state index contributed by atoms with van der Waals surface area (Å²) in [6, 6.07) is 4.16. The Labute approximate surface area is 146 Å². The highest BCUT2D eigenvalue weighted by Gasteiger charge is 2.47. The van der Waals surface area contributed by atoms with Crippen molar-refractivity contribution in [2.45, 2.75) is 31.8 Å². The summed E-state index contributed by atoms with van der Waals surface area (Å²) in [6.45, 7) is 2.92. The molecule has 3 rings (SSSR count). The number of hydrogen-bond donors (Lipinski definition) is 3. The first-order valence-corrected chi connectivity index (χ1v) is 8.52. The second-order valence-electron chi connectivity index (χ2n) is 7.04. The number of carbonyl (C=O) groups is 2. The minimum atomic E-state index is -1.00. The van der Waals surface area contributed by atoms with E-state index in [0.29, 0.717) is 30.8 Å². The van der Waals surface area contributed by atoms with E-state index in [4.69, 9.17) is 4.74 Å². The molecule has 1 atom stereocenters. The van der Waals surface area contributed by atoms with Gasteiger partial charge in [0.25, 0.3) is 0 Å². The van der Waals surface area contributed by atoms with Crippen molar-refractivity contribution in [2.24, 2.45) is 5.41 Å². The maximum Gasteiger partial charge on any atom is 0.335 e. The number of aliphatic carboxylic acids is 1. The summed E-state index contributed by atoms with van der Waals surface area (Å²) in [5, 5.41) is 22.2. The van der Waals surface area contributed by atoms with Gasteiger partial charge in [0.05, 0.1) is 12.7 Å². The number of methoxy groups -OCH3 is 1. The summed E-state index contributed by atoms with van der Waals surface area (Å²) < 4.78 is 5.35. The van der Waals surface area contributed by atoms with Crippen LogP contribution in [0.4, 0.5) is 0 Å². The van der Waals surface area contributed by atoms with Gasteiger partial charge < -0.3 is 20.3 Å². The summed E-state index contributed by atoms with van der Waals surface area (Å²) in [4.78, 5) is 25.0. The minimum Gasteiger partial charge on any atom is -0.496 e. The van der Waals surface area contributed by atoms with E-state index in [0.717, 1.165) is 25.9 Å². The molecule has 1 spiro atoms. The lowest BCUT2D eigenvalue weighted by Crippen LogP contribution is -2.38. The molecule has 2 aliphatic rings. The van der Waals surface area contributed by atoms with Crippen LogP contribution in [0.15, 0.2) is 18.2 Å². The van der Waals surface area contributed by atoms with Crippen LogP contribution in [0.5, 0.6) is 5.75 Å². The van der Waals surface area contributed by atoms with Gasteiger partial charge in [0.2, 0.25) is 0 Å². The first-order valence-electron chi connectivity index (χ1n) is 8.52. The van der Waals surface area contributed by atoms with Crippen LogP contribution in [0.2, 0.25) is 0 Å². The molecular weight excluding hydrogens is 324 g/mol. The van der Waals surface area contributed by atoms with Gasteiger partial charge in [-0.1, -0.05) is 0 Å². The Balaban J connectivity index is 1.86. The number of nitrogens with zero attached hydrogens (tertiary/aromatic N) is 1. The lowest BCUT2D eigenvalue weighted by molar-refractivity contribution is -0.142. The molecule has 0 unspecified atom stereocenters. The monoisotopic (exact) mass is 348 g/mol. The number of likely N-dealkylation sites (tertiary alicyclic amines) is 1.